The van der Waals surface area contributed by atoms with Gasteiger partial charge in [0.2, 0.25) is 0 Å². The number of nitrogens with zero attached hydrogens (tertiary/aromatic N) is 1. The fourth-order valence-electron chi connectivity index (χ4n) is 2.25. The summed E-state index contributed by atoms with van der Waals surface area (Å²) in [6.07, 6.45) is 0.548. The van der Waals surface area contributed by atoms with E-state index >= 15 is 0 Å². The van der Waals surface area contributed by atoms with E-state index in [4.69, 9.17) is 9.47 Å². The predicted molar refractivity (Wildman–Crippen MR) is 69.8 cm³/mol. The van der Waals surface area contributed by atoms with Crippen LogP contribution in [0.2, 0.25) is 0 Å². The molecule has 1 aliphatic heterocycles. The van der Waals surface area contributed by atoms with Gasteiger partial charge in [0.05, 0.1) is 19.8 Å². The van der Waals surface area contributed by atoms with Crippen LogP contribution in [0.4, 0.5) is 0 Å². The zero-order valence-corrected chi connectivity index (χ0v) is 11.0. The molecule has 0 aliphatic carbocycles. The molecule has 1 fully saturated rings. The molecule has 2 rings (SSSR count). The molecule has 0 saturated carbocycles. The molecule has 1 aliphatic rings. The lowest BCUT2D eigenvalue weighted by molar-refractivity contribution is 0.0949. The first-order valence-electron chi connectivity index (χ1n) is 6.30. The molecular weight excluding hydrogens is 230 g/mol. The Morgan fingerprint density at radius 1 is 1.56 bits per heavy atom. The third-order valence-electron chi connectivity index (χ3n) is 3.47. The van der Waals surface area contributed by atoms with Gasteiger partial charge >= 0.3 is 0 Å². The molecule has 1 aromatic carbocycles. The molecule has 2 atom stereocenters. The Labute approximate surface area is 108 Å². The summed E-state index contributed by atoms with van der Waals surface area (Å²) in [5.74, 6) is 0.776. The molecule has 1 aromatic rings. The van der Waals surface area contributed by atoms with Crippen LogP contribution in [0.5, 0.6) is 5.75 Å². The van der Waals surface area contributed by atoms with E-state index in [0.29, 0.717) is 12.6 Å². The molecule has 18 heavy (non-hydrogen) atoms. The first kappa shape index (κ1) is 13.3. The number of methoxy groups -OCH3 is 1. The Bertz CT molecular complexity index is 377. The van der Waals surface area contributed by atoms with Gasteiger partial charge < -0.3 is 14.6 Å². The number of hydrogen-bond donors (Lipinski definition) is 1. The van der Waals surface area contributed by atoms with Crippen molar-refractivity contribution in [2.45, 2.75) is 18.6 Å². The van der Waals surface area contributed by atoms with Crippen molar-refractivity contribution in [3.05, 3.63) is 29.8 Å². The van der Waals surface area contributed by atoms with Gasteiger partial charge in [0, 0.05) is 19.2 Å². The summed E-state index contributed by atoms with van der Waals surface area (Å²) in [6, 6.07) is 8.00. The van der Waals surface area contributed by atoms with Crippen LogP contribution in [0.25, 0.3) is 0 Å². The lowest BCUT2D eigenvalue weighted by atomic mass is 10.1. The summed E-state index contributed by atoms with van der Waals surface area (Å²) in [4.78, 5) is 2.16. The normalized spacial score (nSPS) is 21.2. The van der Waals surface area contributed by atoms with E-state index in [1.165, 1.54) is 0 Å². The van der Waals surface area contributed by atoms with Gasteiger partial charge in [-0.1, -0.05) is 12.1 Å². The van der Waals surface area contributed by atoms with Crippen LogP contribution in [0.15, 0.2) is 24.3 Å². The quantitative estimate of drug-likeness (QED) is 0.860. The summed E-state index contributed by atoms with van der Waals surface area (Å²) in [7, 11) is 3.66. The summed E-state index contributed by atoms with van der Waals surface area (Å²) in [5.41, 5.74) is 0.889. The Hall–Kier alpha value is -1.10. The molecule has 0 spiro atoms. The maximum Gasteiger partial charge on any atom is 0.119 e. The summed E-state index contributed by atoms with van der Waals surface area (Å²) in [5, 5.41) is 10.2. The largest absolute Gasteiger partial charge is 0.497 e. The second-order valence-electron chi connectivity index (χ2n) is 4.75. The Balaban J connectivity index is 1.95. The van der Waals surface area contributed by atoms with Crippen molar-refractivity contribution in [3.8, 4) is 5.75 Å². The molecule has 1 saturated heterocycles. The van der Waals surface area contributed by atoms with Crippen molar-refractivity contribution >= 4 is 0 Å². The number of rotatable bonds is 5. The monoisotopic (exact) mass is 251 g/mol. The number of aliphatic hydroxyl groups excluding tert-OH is 1. The van der Waals surface area contributed by atoms with Crippen LogP contribution in [-0.2, 0) is 4.74 Å². The molecule has 1 N–H and O–H groups in total. The molecule has 0 amide bonds. The van der Waals surface area contributed by atoms with Crippen LogP contribution in [0, 0.1) is 0 Å². The van der Waals surface area contributed by atoms with Gasteiger partial charge in [0.15, 0.2) is 0 Å². The van der Waals surface area contributed by atoms with Crippen LogP contribution in [0.3, 0.4) is 0 Å². The van der Waals surface area contributed by atoms with Gasteiger partial charge in [-0.3, -0.25) is 4.90 Å². The highest BCUT2D eigenvalue weighted by molar-refractivity contribution is 5.29. The average molecular weight is 251 g/mol. The lowest BCUT2D eigenvalue weighted by Crippen LogP contribution is -2.35. The third-order valence-corrected chi connectivity index (χ3v) is 3.47. The highest BCUT2D eigenvalue weighted by atomic mass is 16.5. The van der Waals surface area contributed by atoms with Gasteiger partial charge in [-0.25, -0.2) is 0 Å². The SMILES string of the molecule is COc1cccc(C(O)CN(C)C2CCOC2)c1. The van der Waals surface area contributed by atoms with Crippen molar-refractivity contribution in [2.75, 3.05) is 33.9 Å². The fourth-order valence-corrected chi connectivity index (χ4v) is 2.25. The molecular formula is C14H21NO3. The Kier molecular flexibility index (Phi) is 4.58. The van der Waals surface area contributed by atoms with Crippen molar-refractivity contribution < 1.29 is 14.6 Å². The number of aliphatic hydroxyl groups is 1. The van der Waals surface area contributed by atoms with Crippen molar-refractivity contribution in [1.29, 1.82) is 0 Å². The smallest absolute Gasteiger partial charge is 0.119 e. The van der Waals surface area contributed by atoms with Gasteiger partial charge in [-0.05, 0) is 31.2 Å². The van der Waals surface area contributed by atoms with Crippen LogP contribution in [-0.4, -0.2) is 50.0 Å². The highest BCUT2D eigenvalue weighted by Gasteiger charge is 2.22. The molecule has 4 nitrogen and oxygen atoms in total. The van der Waals surface area contributed by atoms with E-state index in [-0.39, 0.29) is 0 Å². The van der Waals surface area contributed by atoms with Gasteiger partial charge in [-0.15, -0.1) is 0 Å². The van der Waals surface area contributed by atoms with E-state index in [1.807, 2.05) is 31.3 Å². The maximum atomic E-state index is 10.2. The van der Waals surface area contributed by atoms with Gasteiger partial charge in [-0.2, -0.15) is 0 Å². The standard InChI is InChI=1S/C14H21NO3/c1-15(12-6-7-18-10-12)9-14(16)11-4-3-5-13(8-11)17-2/h3-5,8,12,14,16H,6-7,9-10H2,1-2H3. The Morgan fingerprint density at radius 2 is 2.39 bits per heavy atom. The topological polar surface area (TPSA) is 41.9 Å². The number of likely N-dealkylation sites (N-methyl/N-ethyl adjacent to an activating group) is 1. The molecule has 100 valence electrons. The maximum absolute atomic E-state index is 10.2. The zero-order valence-electron chi connectivity index (χ0n) is 11.0. The van der Waals surface area contributed by atoms with Crippen molar-refractivity contribution in [1.82, 2.24) is 4.90 Å². The molecule has 0 bridgehead atoms. The first-order valence-corrected chi connectivity index (χ1v) is 6.30. The van der Waals surface area contributed by atoms with E-state index in [0.717, 1.165) is 30.9 Å². The minimum atomic E-state index is -0.495. The van der Waals surface area contributed by atoms with Crippen LogP contribution < -0.4 is 4.74 Å². The first-order chi connectivity index (χ1) is 8.70. The molecule has 2 unspecified atom stereocenters. The molecule has 4 heteroatoms. The number of benzene rings is 1. The predicted octanol–water partition coefficient (Wildman–Crippen LogP) is 1.45. The Morgan fingerprint density at radius 3 is 3.06 bits per heavy atom. The van der Waals surface area contributed by atoms with Gasteiger partial charge in [0.1, 0.15) is 5.75 Å². The highest BCUT2D eigenvalue weighted by Crippen LogP contribution is 2.21. The minimum Gasteiger partial charge on any atom is -0.497 e. The average Bonchev–Trinajstić information content (AvgIpc) is 2.92. The summed E-state index contributed by atoms with van der Waals surface area (Å²) < 4.78 is 10.5. The molecule has 1 heterocycles. The van der Waals surface area contributed by atoms with Gasteiger partial charge in [0.25, 0.3) is 0 Å². The van der Waals surface area contributed by atoms with Crippen molar-refractivity contribution in [3.63, 3.8) is 0 Å². The number of hydrogen-bond acceptors (Lipinski definition) is 4. The molecule has 0 radical (unpaired) electrons. The van der Waals surface area contributed by atoms with E-state index in [9.17, 15) is 5.11 Å². The van der Waals surface area contributed by atoms with E-state index < -0.39 is 6.10 Å². The lowest BCUT2D eigenvalue weighted by Gasteiger charge is -2.25. The summed E-state index contributed by atoms with van der Waals surface area (Å²) in [6.45, 7) is 2.20. The zero-order chi connectivity index (χ0) is 13.0. The van der Waals surface area contributed by atoms with Crippen molar-refractivity contribution in [2.24, 2.45) is 0 Å². The second kappa shape index (κ2) is 6.18. The fraction of sp³-hybridized carbons (Fsp3) is 0.571. The van der Waals surface area contributed by atoms with E-state index in [2.05, 4.69) is 4.90 Å². The third kappa shape index (κ3) is 3.22. The van der Waals surface area contributed by atoms with E-state index in [1.54, 1.807) is 7.11 Å². The van der Waals surface area contributed by atoms with Crippen LogP contribution in [0.1, 0.15) is 18.1 Å². The summed E-state index contributed by atoms with van der Waals surface area (Å²) >= 11 is 0. The van der Waals surface area contributed by atoms with Crippen LogP contribution >= 0.6 is 0 Å². The number of ether oxygens (including phenoxy) is 2. The minimum absolute atomic E-state index is 0.422. The second-order valence-corrected chi connectivity index (χ2v) is 4.75. The molecule has 0 aromatic heterocycles.